The Balaban J connectivity index is 1.47. The predicted octanol–water partition coefficient (Wildman–Crippen LogP) is 8.92. The minimum Gasteiger partial charge on any atom is -0.465 e. The Morgan fingerprint density at radius 3 is 1.46 bits per heavy atom. The van der Waals surface area contributed by atoms with Crippen LogP contribution in [0.1, 0.15) is 20.7 Å². The van der Waals surface area contributed by atoms with Gasteiger partial charge in [-0.05, 0) is 47.0 Å². The van der Waals surface area contributed by atoms with Crippen LogP contribution >= 0.6 is 0 Å². The zero-order valence-electron chi connectivity index (χ0n) is 25.0. The van der Waals surface area contributed by atoms with Gasteiger partial charge in [-0.1, -0.05) is 72.8 Å². The number of fused-ring (bicyclic) bond motifs is 6. The third kappa shape index (κ3) is 4.24. The fourth-order valence-electron chi connectivity index (χ4n) is 6.61. The summed E-state index contributed by atoms with van der Waals surface area (Å²) in [5.41, 5.74) is 9.21. The van der Waals surface area contributed by atoms with Gasteiger partial charge in [-0.2, -0.15) is 0 Å². The molecule has 8 aromatic rings. The van der Waals surface area contributed by atoms with Crippen molar-refractivity contribution in [3.63, 3.8) is 0 Å². The number of carbonyl (C=O) groups excluding carboxylic acids is 2. The number of para-hydroxylation sites is 4. The van der Waals surface area contributed by atoms with Crippen molar-refractivity contribution < 1.29 is 19.1 Å². The topological polar surface area (TPSA) is 97.1 Å². The third-order valence-corrected chi connectivity index (χ3v) is 8.68. The number of rotatable bonds is 5. The van der Waals surface area contributed by atoms with Crippen LogP contribution in [-0.2, 0) is 9.47 Å². The lowest BCUT2D eigenvalue weighted by Crippen LogP contribution is -2.11. The average Bonchev–Trinajstić information content (AvgIpc) is 3.69. The summed E-state index contributed by atoms with van der Waals surface area (Å²) in [5, 5.41) is 4.47. The van der Waals surface area contributed by atoms with Crippen molar-refractivity contribution in [2.24, 2.45) is 0 Å². The maximum atomic E-state index is 13.1. The van der Waals surface area contributed by atoms with E-state index < -0.39 is 11.9 Å². The molecule has 3 heterocycles. The molecule has 0 amide bonds. The normalized spacial score (nSPS) is 11.4. The zero-order valence-corrected chi connectivity index (χ0v) is 25.0. The van der Waals surface area contributed by atoms with Gasteiger partial charge in [0.2, 0.25) is 0 Å². The van der Waals surface area contributed by atoms with Crippen LogP contribution in [0, 0.1) is 0 Å². The number of H-pyrrole nitrogens is 2. The number of methoxy groups -OCH3 is 2. The quantitative estimate of drug-likeness (QED) is 0.192. The Hall–Kier alpha value is -6.21. The highest BCUT2D eigenvalue weighted by atomic mass is 16.5. The molecule has 7 nitrogen and oxygen atoms in total. The second-order valence-corrected chi connectivity index (χ2v) is 11.2. The van der Waals surface area contributed by atoms with Crippen molar-refractivity contribution >= 4 is 55.6 Å². The fourth-order valence-corrected chi connectivity index (χ4v) is 6.61. The van der Waals surface area contributed by atoms with Gasteiger partial charge in [-0.25, -0.2) is 9.59 Å². The molecule has 0 atom stereocenters. The maximum absolute atomic E-state index is 13.1. The van der Waals surface area contributed by atoms with Crippen molar-refractivity contribution in [3.05, 3.63) is 127 Å². The van der Waals surface area contributed by atoms with Crippen molar-refractivity contribution in [3.8, 4) is 33.4 Å². The highest BCUT2D eigenvalue weighted by Crippen LogP contribution is 2.41. The molecule has 0 fully saturated rings. The smallest absolute Gasteiger partial charge is 0.340 e. The first-order valence-electron chi connectivity index (χ1n) is 14.9. The van der Waals surface area contributed by atoms with Gasteiger partial charge in [0.1, 0.15) is 0 Å². The third-order valence-electron chi connectivity index (χ3n) is 8.68. The standard InChI is InChI=1S/C39H27N3O4/c1-45-38(43)31-20-40-21-32(39(44)46-2)35(31)24-18-22(25-11-7-13-29-27-9-3-5-15-33(27)41-36(25)29)17-23(19-24)26-12-8-14-30-28-10-4-6-16-34(28)42-37(26)30/h3-21,41-42H,1-2H3. The number of nitrogens with one attached hydrogen (secondary N) is 2. The van der Waals surface area contributed by atoms with Crippen LogP contribution in [-0.4, -0.2) is 41.1 Å². The highest BCUT2D eigenvalue weighted by Gasteiger charge is 2.24. The lowest BCUT2D eigenvalue weighted by Gasteiger charge is -2.16. The molecule has 46 heavy (non-hydrogen) atoms. The molecule has 5 aromatic carbocycles. The van der Waals surface area contributed by atoms with Crippen LogP contribution < -0.4 is 0 Å². The first-order chi connectivity index (χ1) is 22.6. The van der Waals surface area contributed by atoms with Crippen molar-refractivity contribution in [2.75, 3.05) is 14.2 Å². The number of aromatic nitrogens is 3. The van der Waals surface area contributed by atoms with Gasteiger partial charge >= 0.3 is 11.9 Å². The molecule has 0 spiro atoms. The second-order valence-electron chi connectivity index (χ2n) is 11.2. The van der Waals surface area contributed by atoms with Gasteiger partial charge in [-0.15, -0.1) is 0 Å². The average molecular weight is 602 g/mol. The van der Waals surface area contributed by atoms with E-state index in [2.05, 4.69) is 81.7 Å². The van der Waals surface area contributed by atoms with Crippen LogP contribution in [0.25, 0.3) is 77.0 Å². The van der Waals surface area contributed by atoms with E-state index in [1.807, 2.05) is 36.4 Å². The Morgan fingerprint density at radius 2 is 0.978 bits per heavy atom. The van der Waals surface area contributed by atoms with Gasteiger partial charge in [-0.3, -0.25) is 4.98 Å². The van der Waals surface area contributed by atoms with E-state index in [4.69, 9.17) is 9.47 Å². The molecular formula is C39H27N3O4. The summed E-state index contributed by atoms with van der Waals surface area (Å²) in [7, 11) is 2.62. The number of ether oxygens (including phenoxy) is 2. The SMILES string of the molecule is COC(=O)c1cncc(C(=O)OC)c1-c1cc(-c2cccc3c2[nH]c2ccccc23)cc(-c2cccc3c2[nH]c2ccccc23)c1. The van der Waals surface area contributed by atoms with E-state index >= 15 is 0 Å². The summed E-state index contributed by atoms with van der Waals surface area (Å²) >= 11 is 0. The molecule has 0 saturated heterocycles. The molecule has 0 radical (unpaired) electrons. The van der Waals surface area contributed by atoms with Gasteiger partial charge in [0.05, 0.1) is 36.4 Å². The van der Waals surface area contributed by atoms with E-state index in [1.165, 1.54) is 26.6 Å². The Labute approximate surface area is 263 Å². The molecule has 0 bridgehead atoms. The van der Waals surface area contributed by atoms with E-state index in [0.29, 0.717) is 11.1 Å². The summed E-state index contributed by atoms with van der Waals surface area (Å²) in [4.78, 5) is 37.6. The molecule has 0 aliphatic heterocycles. The van der Waals surface area contributed by atoms with Crippen LogP contribution in [0.15, 0.2) is 116 Å². The minimum absolute atomic E-state index is 0.168. The first kappa shape index (κ1) is 27.3. The summed E-state index contributed by atoms with van der Waals surface area (Å²) in [6.07, 6.45) is 2.85. The van der Waals surface area contributed by atoms with E-state index in [0.717, 1.165) is 65.9 Å². The molecule has 0 saturated carbocycles. The van der Waals surface area contributed by atoms with E-state index in [9.17, 15) is 9.59 Å². The summed E-state index contributed by atoms with van der Waals surface area (Å²) in [5.74, 6) is -1.20. The zero-order chi connectivity index (χ0) is 31.4. The Morgan fingerprint density at radius 1 is 0.543 bits per heavy atom. The number of carbonyl (C=O) groups is 2. The largest absolute Gasteiger partial charge is 0.465 e. The minimum atomic E-state index is -0.601. The van der Waals surface area contributed by atoms with Crippen molar-refractivity contribution in [1.82, 2.24) is 15.0 Å². The molecule has 8 rings (SSSR count). The molecular weight excluding hydrogens is 574 g/mol. The monoisotopic (exact) mass is 601 g/mol. The number of hydrogen-bond donors (Lipinski definition) is 2. The van der Waals surface area contributed by atoms with Crippen LogP contribution in [0.2, 0.25) is 0 Å². The molecule has 222 valence electrons. The number of benzene rings is 5. The second kappa shape index (κ2) is 10.7. The number of pyridine rings is 1. The summed E-state index contributed by atoms with van der Waals surface area (Å²) < 4.78 is 10.3. The lowest BCUT2D eigenvalue weighted by molar-refractivity contribution is 0.0600. The molecule has 0 aliphatic rings. The Bertz CT molecular complexity index is 2340. The number of aromatic amines is 2. The molecule has 7 heteroatoms. The van der Waals surface area contributed by atoms with Crippen LogP contribution in [0.5, 0.6) is 0 Å². The molecule has 0 aliphatic carbocycles. The highest BCUT2D eigenvalue weighted by molar-refractivity contribution is 6.14. The van der Waals surface area contributed by atoms with Crippen LogP contribution in [0.3, 0.4) is 0 Å². The van der Waals surface area contributed by atoms with E-state index in [1.54, 1.807) is 0 Å². The maximum Gasteiger partial charge on any atom is 0.340 e. The van der Waals surface area contributed by atoms with Gasteiger partial charge in [0.25, 0.3) is 0 Å². The lowest BCUT2D eigenvalue weighted by atomic mass is 9.89. The first-order valence-corrected chi connectivity index (χ1v) is 14.9. The molecule has 3 aromatic heterocycles. The molecule has 0 unspecified atom stereocenters. The summed E-state index contributed by atoms with van der Waals surface area (Å²) in [6, 6.07) is 35.1. The Kier molecular flexibility index (Phi) is 6.39. The number of hydrogen-bond acceptors (Lipinski definition) is 5. The van der Waals surface area contributed by atoms with Gasteiger partial charge in [0.15, 0.2) is 0 Å². The molecule has 2 N–H and O–H groups in total. The van der Waals surface area contributed by atoms with Gasteiger partial charge < -0.3 is 19.4 Å². The van der Waals surface area contributed by atoms with Gasteiger partial charge in [0, 0.05) is 61.7 Å². The van der Waals surface area contributed by atoms with E-state index in [-0.39, 0.29) is 11.1 Å². The van der Waals surface area contributed by atoms with Crippen LogP contribution in [0.4, 0.5) is 0 Å². The van der Waals surface area contributed by atoms with Crippen molar-refractivity contribution in [1.29, 1.82) is 0 Å². The fraction of sp³-hybridized carbons (Fsp3) is 0.0513. The van der Waals surface area contributed by atoms with Crippen molar-refractivity contribution in [2.45, 2.75) is 0 Å². The number of esters is 2. The summed E-state index contributed by atoms with van der Waals surface area (Å²) in [6.45, 7) is 0. The number of nitrogens with zero attached hydrogens (tertiary/aromatic N) is 1. The predicted molar refractivity (Wildman–Crippen MR) is 182 cm³/mol.